The monoisotopic (exact) mass is 191 g/mol. The van der Waals surface area contributed by atoms with Crippen LogP contribution in [0.3, 0.4) is 0 Å². The molecule has 1 aromatic heterocycles. The number of nitrogens with zero attached hydrogens (tertiary/aromatic N) is 1. The average Bonchev–Trinajstić information content (AvgIpc) is 2.70. The topological polar surface area (TPSA) is 33.1 Å². The average molecular weight is 191 g/mol. The van der Waals surface area contributed by atoms with E-state index in [9.17, 15) is 0 Å². The predicted octanol–water partition coefficient (Wildman–Crippen LogP) is 2.30. The SMILES string of the molecule is OCc1ccccc1-c1cscn1. The van der Waals surface area contributed by atoms with Crippen LogP contribution in [0.5, 0.6) is 0 Å². The van der Waals surface area contributed by atoms with Gasteiger partial charge < -0.3 is 5.11 Å². The molecule has 2 nitrogen and oxygen atoms in total. The third kappa shape index (κ3) is 1.61. The predicted molar refractivity (Wildman–Crippen MR) is 53.5 cm³/mol. The van der Waals surface area contributed by atoms with Gasteiger partial charge in [-0.05, 0) is 5.56 Å². The third-order valence-corrected chi connectivity index (χ3v) is 2.48. The van der Waals surface area contributed by atoms with E-state index in [0.717, 1.165) is 16.8 Å². The summed E-state index contributed by atoms with van der Waals surface area (Å²) in [7, 11) is 0. The number of rotatable bonds is 2. The fourth-order valence-corrected chi connectivity index (χ4v) is 1.81. The smallest absolute Gasteiger partial charge is 0.0814 e. The molecule has 0 saturated carbocycles. The van der Waals surface area contributed by atoms with Gasteiger partial charge in [-0.15, -0.1) is 11.3 Å². The summed E-state index contributed by atoms with van der Waals surface area (Å²) < 4.78 is 0. The van der Waals surface area contributed by atoms with Gasteiger partial charge in [-0.2, -0.15) is 0 Å². The Bertz CT molecular complexity index is 384. The molecule has 2 rings (SSSR count). The van der Waals surface area contributed by atoms with Crippen molar-refractivity contribution >= 4 is 11.3 Å². The number of benzene rings is 1. The summed E-state index contributed by atoms with van der Waals surface area (Å²) in [5, 5.41) is 11.1. The second-order valence-electron chi connectivity index (χ2n) is 2.69. The second-order valence-corrected chi connectivity index (χ2v) is 3.41. The molecule has 66 valence electrons. The molecule has 0 aliphatic heterocycles. The molecule has 1 aromatic carbocycles. The van der Waals surface area contributed by atoms with Crippen LogP contribution in [0.1, 0.15) is 5.56 Å². The number of thiazole rings is 1. The molecule has 0 aliphatic rings. The zero-order valence-corrected chi connectivity index (χ0v) is 7.79. The van der Waals surface area contributed by atoms with Gasteiger partial charge >= 0.3 is 0 Å². The minimum atomic E-state index is 0.0632. The van der Waals surface area contributed by atoms with E-state index in [1.165, 1.54) is 0 Å². The lowest BCUT2D eigenvalue weighted by atomic mass is 10.1. The van der Waals surface area contributed by atoms with E-state index in [4.69, 9.17) is 5.11 Å². The van der Waals surface area contributed by atoms with E-state index in [-0.39, 0.29) is 6.61 Å². The fourth-order valence-electron chi connectivity index (χ4n) is 1.25. The fraction of sp³-hybridized carbons (Fsp3) is 0.100. The Morgan fingerprint density at radius 3 is 2.85 bits per heavy atom. The molecular weight excluding hydrogens is 182 g/mol. The van der Waals surface area contributed by atoms with Crippen molar-refractivity contribution < 1.29 is 5.11 Å². The number of hydrogen-bond acceptors (Lipinski definition) is 3. The summed E-state index contributed by atoms with van der Waals surface area (Å²) in [6.45, 7) is 0.0632. The van der Waals surface area contributed by atoms with Gasteiger partial charge in [0.25, 0.3) is 0 Å². The first-order chi connectivity index (χ1) is 6.42. The molecule has 1 N–H and O–H groups in total. The quantitative estimate of drug-likeness (QED) is 0.790. The second kappa shape index (κ2) is 3.68. The largest absolute Gasteiger partial charge is 0.392 e. The van der Waals surface area contributed by atoms with E-state index in [1.807, 2.05) is 29.6 Å². The molecule has 2 aromatic rings. The molecule has 0 bridgehead atoms. The standard InChI is InChI=1S/C10H9NOS/c12-5-8-3-1-2-4-9(8)10-6-13-7-11-10/h1-4,6-7,12H,5H2. The summed E-state index contributed by atoms with van der Waals surface area (Å²) in [5.74, 6) is 0. The van der Waals surface area contributed by atoms with Crippen LogP contribution in [0.4, 0.5) is 0 Å². The van der Waals surface area contributed by atoms with Gasteiger partial charge in [-0.3, -0.25) is 0 Å². The summed E-state index contributed by atoms with van der Waals surface area (Å²) in [5.41, 5.74) is 4.68. The van der Waals surface area contributed by atoms with Crippen molar-refractivity contribution in [2.45, 2.75) is 6.61 Å². The molecular formula is C10H9NOS. The van der Waals surface area contributed by atoms with Crippen LogP contribution in [0.25, 0.3) is 11.3 Å². The van der Waals surface area contributed by atoms with Crippen LogP contribution < -0.4 is 0 Å². The van der Waals surface area contributed by atoms with Crippen LogP contribution in [0, 0.1) is 0 Å². The van der Waals surface area contributed by atoms with E-state index in [1.54, 1.807) is 16.8 Å². The van der Waals surface area contributed by atoms with Crippen molar-refractivity contribution in [3.05, 3.63) is 40.7 Å². The highest BCUT2D eigenvalue weighted by Crippen LogP contribution is 2.22. The lowest BCUT2D eigenvalue weighted by Crippen LogP contribution is -1.88. The first-order valence-electron chi connectivity index (χ1n) is 3.99. The Morgan fingerprint density at radius 1 is 1.31 bits per heavy atom. The van der Waals surface area contributed by atoms with Gasteiger partial charge in [0.15, 0.2) is 0 Å². The zero-order chi connectivity index (χ0) is 9.10. The van der Waals surface area contributed by atoms with Crippen LogP contribution in [0.15, 0.2) is 35.2 Å². The maximum Gasteiger partial charge on any atom is 0.0814 e. The van der Waals surface area contributed by atoms with Crippen molar-refractivity contribution in [3.8, 4) is 11.3 Å². The Labute approximate surface area is 80.5 Å². The van der Waals surface area contributed by atoms with Gasteiger partial charge in [0.05, 0.1) is 17.8 Å². The number of aliphatic hydroxyl groups excluding tert-OH is 1. The van der Waals surface area contributed by atoms with Gasteiger partial charge in [-0.25, -0.2) is 4.98 Å². The third-order valence-electron chi connectivity index (χ3n) is 1.90. The van der Waals surface area contributed by atoms with E-state index >= 15 is 0 Å². The lowest BCUT2D eigenvalue weighted by molar-refractivity contribution is 0.282. The van der Waals surface area contributed by atoms with E-state index < -0.39 is 0 Å². The van der Waals surface area contributed by atoms with Crippen molar-refractivity contribution in [1.29, 1.82) is 0 Å². The first kappa shape index (κ1) is 8.41. The highest BCUT2D eigenvalue weighted by Gasteiger charge is 2.03. The lowest BCUT2D eigenvalue weighted by Gasteiger charge is -2.02. The van der Waals surface area contributed by atoms with Crippen molar-refractivity contribution in [2.75, 3.05) is 0 Å². The van der Waals surface area contributed by atoms with Gasteiger partial charge in [0.1, 0.15) is 0 Å². The van der Waals surface area contributed by atoms with E-state index in [2.05, 4.69) is 4.98 Å². The molecule has 0 spiro atoms. The molecule has 0 unspecified atom stereocenters. The van der Waals surface area contributed by atoms with Gasteiger partial charge in [0.2, 0.25) is 0 Å². The molecule has 0 amide bonds. The summed E-state index contributed by atoms with van der Waals surface area (Å²) >= 11 is 1.56. The Kier molecular flexibility index (Phi) is 2.38. The molecule has 0 fully saturated rings. The minimum absolute atomic E-state index is 0.0632. The summed E-state index contributed by atoms with van der Waals surface area (Å²) in [6, 6.07) is 7.75. The summed E-state index contributed by atoms with van der Waals surface area (Å²) in [6.07, 6.45) is 0. The van der Waals surface area contributed by atoms with Crippen molar-refractivity contribution in [1.82, 2.24) is 4.98 Å². The Hall–Kier alpha value is -1.19. The highest BCUT2D eigenvalue weighted by atomic mass is 32.1. The molecule has 1 heterocycles. The van der Waals surface area contributed by atoms with Crippen LogP contribution in [0.2, 0.25) is 0 Å². The number of hydrogen-bond donors (Lipinski definition) is 1. The molecule has 0 saturated heterocycles. The number of aromatic nitrogens is 1. The highest BCUT2D eigenvalue weighted by molar-refractivity contribution is 7.07. The minimum Gasteiger partial charge on any atom is -0.392 e. The van der Waals surface area contributed by atoms with Gasteiger partial charge in [0, 0.05) is 10.9 Å². The Balaban J connectivity index is 2.51. The maximum absolute atomic E-state index is 9.09. The molecule has 13 heavy (non-hydrogen) atoms. The molecule has 0 aliphatic carbocycles. The van der Waals surface area contributed by atoms with Crippen molar-refractivity contribution in [3.63, 3.8) is 0 Å². The summed E-state index contributed by atoms with van der Waals surface area (Å²) in [4.78, 5) is 4.20. The van der Waals surface area contributed by atoms with Crippen LogP contribution >= 0.6 is 11.3 Å². The van der Waals surface area contributed by atoms with Gasteiger partial charge in [-0.1, -0.05) is 24.3 Å². The zero-order valence-electron chi connectivity index (χ0n) is 6.97. The van der Waals surface area contributed by atoms with Crippen molar-refractivity contribution in [2.24, 2.45) is 0 Å². The number of aliphatic hydroxyl groups is 1. The van der Waals surface area contributed by atoms with Crippen LogP contribution in [-0.2, 0) is 6.61 Å². The van der Waals surface area contributed by atoms with E-state index in [0.29, 0.717) is 0 Å². The molecule has 3 heteroatoms. The Morgan fingerprint density at radius 2 is 2.15 bits per heavy atom. The first-order valence-corrected chi connectivity index (χ1v) is 4.93. The molecule has 0 atom stereocenters. The molecule has 0 radical (unpaired) electrons. The normalized spacial score (nSPS) is 10.2. The maximum atomic E-state index is 9.09. The van der Waals surface area contributed by atoms with Crippen LogP contribution in [-0.4, -0.2) is 10.1 Å².